The summed E-state index contributed by atoms with van der Waals surface area (Å²) in [7, 11) is 1.47. The van der Waals surface area contributed by atoms with Gasteiger partial charge in [-0.05, 0) is 44.5 Å². The SMILES string of the molecule is COc1cc(/C=C/C(=O)NCCNC(=O)OC(C)(C)C)ccc1C=O. The minimum Gasteiger partial charge on any atom is -0.496 e. The molecule has 0 atom stereocenters. The molecule has 7 heteroatoms. The number of nitrogens with one attached hydrogen (secondary N) is 2. The summed E-state index contributed by atoms with van der Waals surface area (Å²) < 4.78 is 10.2. The van der Waals surface area contributed by atoms with E-state index >= 15 is 0 Å². The molecule has 2 N–H and O–H groups in total. The van der Waals surface area contributed by atoms with Crippen molar-refractivity contribution in [2.75, 3.05) is 20.2 Å². The second-order valence-corrected chi connectivity index (χ2v) is 6.17. The number of aldehydes is 1. The molecule has 2 amide bonds. The van der Waals surface area contributed by atoms with Gasteiger partial charge in [0.05, 0.1) is 12.7 Å². The highest BCUT2D eigenvalue weighted by Gasteiger charge is 2.15. The van der Waals surface area contributed by atoms with Gasteiger partial charge < -0.3 is 20.1 Å². The number of hydrogen-bond donors (Lipinski definition) is 2. The van der Waals surface area contributed by atoms with Crippen LogP contribution in [0.4, 0.5) is 4.79 Å². The van der Waals surface area contributed by atoms with Gasteiger partial charge in [0, 0.05) is 19.2 Å². The van der Waals surface area contributed by atoms with Crippen LogP contribution in [0.3, 0.4) is 0 Å². The summed E-state index contributed by atoms with van der Waals surface area (Å²) in [6.45, 7) is 5.85. The fourth-order valence-corrected chi connectivity index (χ4v) is 1.82. The molecule has 0 heterocycles. The maximum atomic E-state index is 11.7. The largest absolute Gasteiger partial charge is 0.496 e. The van der Waals surface area contributed by atoms with Crippen LogP contribution in [-0.4, -0.2) is 44.1 Å². The molecule has 136 valence electrons. The number of methoxy groups -OCH3 is 1. The van der Waals surface area contributed by atoms with E-state index in [9.17, 15) is 14.4 Å². The lowest BCUT2D eigenvalue weighted by atomic mass is 10.1. The Balaban J connectivity index is 2.40. The summed E-state index contributed by atoms with van der Waals surface area (Å²) in [6.07, 6.45) is 3.15. The summed E-state index contributed by atoms with van der Waals surface area (Å²) >= 11 is 0. The van der Waals surface area contributed by atoms with E-state index in [2.05, 4.69) is 10.6 Å². The topological polar surface area (TPSA) is 93.7 Å². The van der Waals surface area contributed by atoms with Crippen molar-refractivity contribution in [3.8, 4) is 5.75 Å². The predicted octanol–water partition coefficient (Wildman–Crippen LogP) is 2.16. The van der Waals surface area contributed by atoms with Crippen LogP contribution < -0.4 is 15.4 Å². The summed E-state index contributed by atoms with van der Waals surface area (Å²) in [5, 5.41) is 5.19. The first-order valence-corrected chi connectivity index (χ1v) is 7.81. The number of hydrogen-bond acceptors (Lipinski definition) is 5. The zero-order valence-corrected chi connectivity index (χ0v) is 14.9. The Bertz CT molecular complexity index is 647. The van der Waals surface area contributed by atoms with Crippen LogP contribution in [0.25, 0.3) is 6.08 Å². The van der Waals surface area contributed by atoms with Crippen LogP contribution in [0.2, 0.25) is 0 Å². The van der Waals surface area contributed by atoms with Gasteiger partial charge in [-0.2, -0.15) is 0 Å². The molecule has 0 saturated carbocycles. The molecule has 0 fully saturated rings. The molecule has 0 saturated heterocycles. The summed E-state index contributed by atoms with van der Waals surface area (Å²) in [5.41, 5.74) is 0.609. The van der Waals surface area contributed by atoms with Gasteiger partial charge in [0.2, 0.25) is 5.91 Å². The van der Waals surface area contributed by atoms with Crippen molar-refractivity contribution in [2.45, 2.75) is 26.4 Å². The van der Waals surface area contributed by atoms with Crippen molar-refractivity contribution in [1.29, 1.82) is 0 Å². The Morgan fingerprint density at radius 1 is 1.16 bits per heavy atom. The molecule has 0 aliphatic carbocycles. The van der Waals surface area contributed by atoms with Gasteiger partial charge in [-0.25, -0.2) is 4.79 Å². The van der Waals surface area contributed by atoms with Crippen molar-refractivity contribution in [3.63, 3.8) is 0 Å². The Kier molecular flexibility index (Phi) is 7.65. The van der Waals surface area contributed by atoms with Gasteiger partial charge in [0.25, 0.3) is 0 Å². The summed E-state index contributed by atoms with van der Waals surface area (Å²) in [6, 6.07) is 4.99. The number of benzene rings is 1. The number of alkyl carbamates (subject to hydrolysis) is 1. The van der Waals surface area contributed by atoms with E-state index in [4.69, 9.17) is 9.47 Å². The van der Waals surface area contributed by atoms with Gasteiger partial charge >= 0.3 is 6.09 Å². The molecular weight excluding hydrogens is 324 g/mol. The van der Waals surface area contributed by atoms with E-state index in [1.54, 1.807) is 45.0 Å². The molecule has 0 aliphatic heterocycles. The average Bonchev–Trinajstić information content (AvgIpc) is 2.55. The predicted molar refractivity (Wildman–Crippen MR) is 94.7 cm³/mol. The third kappa shape index (κ3) is 8.01. The van der Waals surface area contributed by atoms with E-state index in [1.165, 1.54) is 13.2 Å². The molecule has 0 spiro atoms. The molecule has 0 radical (unpaired) electrons. The van der Waals surface area contributed by atoms with Crippen LogP contribution in [0.15, 0.2) is 24.3 Å². The van der Waals surface area contributed by atoms with Crippen LogP contribution in [0.5, 0.6) is 5.75 Å². The minimum atomic E-state index is -0.559. The Hall–Kier alpha value is -2.83. The maximum absolute atomic E-state index is 11.7. The highest BCUT2D eigenvalue weighted by atomic mass is 16.6. The van der Waals surface area contributed by atoms with Crippen molar-refractivity contribution in [1.82, 2.24) is 10.6 Å². The number of carbonyl (C=O) groups is 3. The van der Waals surface area contributed by atoms with Crippen LogP contribution in [0.1, 0.15) is 36.7 Å². The van der Waals surface area contributed by atoms with Crippen molar-refractivity contribution in [3.05, 3.63) is 35.4 Å². The zero-order valence-electron chi connectivity index (χ0n) is 14.9. The maximum Gasteiger partial charge on any atom is 0.407 e. The molecule has 0 unspecified atom stereocenters. The van der Waals surface area contributed by atoms with Crippen LogP contribution in [-0.2, 0) is 9.53 Å². The third-order valence-corrected chi connectivity index (χ3v) is 2.90. The lowest BCUT2D eigenvalue weighted by molar-refractivity contribution is -0.116. The number of ether oxygens (including phenoxy) is 2. The number of rotatable bonds is 7. The van der Waals surface area contributed by atoms with Crippen LogP contribution in [0, 0.1) is 0 Å². The Morgan fingerprint density at radius 3 is 2.44 bits per heavy atom. The van der Waals surface area contributed by atoms with Crippen molar-refractivity contribution < 1.29 is 23.9 Å². The zero-order chi connectivity index (χ0) is 18.9. The number of carbonyl (C=O) groups excluding carboxylic acids is 3. The first-order chi connectivity index (χ1) is 11.7. The van der Waals surface area contributed by atoms with Crippen molar-refractivity contribution >= 4 is 24.4 Å². The standard InChI is InChI=1S/C18H24N2O5/c1-18(2,3)25-17(23)20-10-9-19-16(22)8-6-13-5-7-14(12-21)15(11-13)24-4/h5-8,11-12H,9-10H2,1-4H3,(H,19,22)(H,20,23)/b8-6+. The molecule has 0 aromatic heterocycles. The monoisotopic (exact) mass is 348 g/mol. The van der Waals surface area contributed by atoms with E-state index in [1.807, 2.05) is 0 Å². The van der Waals surface area contributed by atoms with E-state index in [0.29, 0.717) is 17.6 Å². The minimum absolute atomic E-state index is 0.260. The number of amides is 2. The van der Waals surface area contributed by atoms with E-state index in [0.717, 1.165) is 5.56 Å². The Labute approximate surface area is 147 Å². The Morgan fingerprint density at radius 2 is 1.84 bits per heavy atom. The summed E-state index contributed by atoms with van der Waals surface area (Å²) in [5.74, 6) is 0.142. The van der Waals surface area contributed by atoms with Gasteiger partial charge in [-0.15, -0.1) is 0 Å². The quantitative estimate of drug-likeness (QED) is 0.447. The van der Waals surface area contributed by atoms with Gasteiger partial charge in [0.15, 0.2) is 6.29 Å². The molecule has 1 aromatic carbocycles. The van der Waals surface area contributed by atoms with Crippen molar-refractivity contribution in [2.24, 2.45) is 0 Å². The van der Waals surface area contributed by atoms with E-state index in [-0.39, 0.29) is 19.0 Å². The first kappa shape index (κ1) is 20.2. The molecule has 0 aliphatic rings. The molecule has 7 nitrogen and oxygen atoms in total. The second-order valence-electron chi connectivity index (χ2n) is 6.17. The molecule has 1 aromatic rings. The third-order valence-electron chi connectivity index (χ3n) is 2.90. The lowest BCUT2D eigenvalue weighted by Crippen LogP contribution is -2.37. The fourth-order valence-electron chi connectivity index (χ4n) is 1.82. The lowest BCUT2D eigenvalue weighted by Gasteiger charge is -2.19. The highest BCUT2D eigenvalue weighted by molar-refractivity contribution is 5.92. The fraction of sp³-hybridized carbons (Fsp3) is 0.389. The second kappa shape index (κ2) is 9.46. The molecule has 1 rings (SSSR count). The molecule has 25 heavy (non-hydrogen) atoms. The van der Waals surface area contributed by atoms with Gasteiger partial charge in [-0.1, -0.05) is 6.07 Å². The molecular formula is C18H24N2O5. The molecule has 0 bridgehead atoms. The van der Waals surface area contributed by atoms with E-state index < -0.39 is 11.7 Å². The highest BCUT2D eigenvalue weighted by Crippen LogP contribution is 2.19. The first-order valence-electron chi connectivity index (χ1n) is 7.81. The normalized spacial score (nSPS) is 11.0. The smallest absolute Gasteiger partial charge is 0.407 e. The summed E-state index contributed by atoms with van der Waals surface area (Å²) in [4.78, 5) is 34.0. The van der Waals surface area contributed by atoms with Gasteiger partial charge in [-0.3, -0.25) is 9.59 Å². The van der Waals surface area contributed by atoms with Gasteiger partial charge in [0.1, 0.15) is 11.4 Å². The average molecular weight is 348 g/mol. The van der Waals surface area contributed by atoms with Crippen LogP contribution >= 0.6 is 0 Å².